The van der Waals surface area contributed by atoms with E-state index in [2.05, 4.69) is 0 Å². The molecule has 0 amide bonds. The molecule has 1 unspecified atom stereocenters. The summed E-state index contributed by atoms with van der Waals surface area (Å²) in [5.74, 6) is -1.03. The van der Waals surface area contributed by atoms with Crippen molar-refractivity contribution in [3.8, 4) is 0 Å². The van der Waals surface area contributed by atoms with Crippen LogP contribution in [0, 0.1) is 0 Å². The first-order valence-corrected chi connectivity index (χ1v) is 2.26. The molecule has 4 heteroatoms. The summed E-state index contributed by atoms with van der Waals surface area (Å²) in [6, 6.07) is 0. The Morgan fingerprint density at radius 1 is 1.75 bits per heavy atom. The smallest absolute Gasteiger partial charge is 0.306 e. The highest BCUT2D eigenvalue weighted by molar-refractivity contribution is 5.67. The van der Waals surface area contributed by atoms with Gasteiger partial charge in [0, 0.05) is 6.54 Å². The monoisotopic (exact) mass is 119 g/mol. The van der Waals surface area contributed by atoms with Gasteiger partial charge in [0.1, 0.15) is 0 Å². The van der Waals surface area contributed by atoms with Crippen LogP contribution < -0.4 is 5.73 Å². The quantitative estimate of drug-likeness (QED) is 0.435. The second kappa shape index (κ2) is 3.40. The van der Waals surface area contributed by atoms with Crippen LogP contribution in [0.25, 0.3) is 0 Å². The van der Waals surface area contributed by atoms with Crippen LogP contribution in [0.3, 0.4) is 0 Å². The number of aliphatic hydroxyl groups excluding tert-OH is 1. The van der Waals surface area contributed by atoms with Crippen molar-refractivity contribution >= 4 is 5.97 Å². The molecule has 0 radical (unpaired) electrons. The van der Waals surface area contributed by atoms with Crippen LogP contribution in [0.4, 0.5) is 0 Å². The number of hydrogen-bond donors (Lipinski definition) is 3. The van der Waals surface area contributed by atoms with E-state index in [4.69, 9.17) is 15.9 Å². The number of aliphatic hydroxyl groups is 1. The van der Waals surface area contributed by atoms with Crippen molar-refractivity contribution in [1.82, 2.24) is 0 Å². The second-order valence-corrected chi connectivity index (χ2v) is 1.49. The number of hydrogen-bond acceptors (Lipinski definition) is 3. The molecule has 0 bridgehead atoms. The lowest BCUT2D eigenvalue weighted by Crippen LogP contribution is -2.22. The molecule has 4 N–H and O–H groups in total. The molecule has 0 spiro atoms. The first kappa shape index (κ1) is 7.39. The van der Waals surface area contributed by atoms with Crippen LogP contribution in [0.1, 0.15) is 6.42 Å². The summed E-state index contributed by atoms with van der Waals surface area (Å²) in [5.41, 5.74) is 4.91. The van der Waals surface area contributed by atoms with Crippen LogP contribution in [0.2, 0.25) is 0 Å². The average molecular weight is 119 g/mol. The Morgan fingerprint density at radius 2 is 2.25 bits per heavy atom. The van der Waals surface area contributed by atoms with Crippen molar-refractivity contribution in [3.63, 3.8) is 0 Å². The highest BCUT2D eigenvalue weighted by Crippen LogP contribution is 1.85. The molecule has 0 rings (SSSR count). The van der Waals surface area contributed by atoms with Gasteiger partial charge in [0.2, 0.25) is 0 Å². The van der Waals surface area contributed by atoms with Crippen molar-refractivity contribution in [3.05, 3.63) is 0 Å². The van der Waals surface area contributed by atoms with E-state index in [9.17, 15) is 4.79 Å². The third-order valence-corrected chi connectivity index (χ3v) is 0.682. The Labute approximate surface area is 46.9 Å². The minimum absolute atomic E-state index is 0.00625. The van der Waals surface area contributed by atoms with Gasteiger partial charge in [-0.1, -0.05) is 0 Å². The lowest BCUT2D eigenvalue weighted by molar-refractivity contribution is -0.139. The summed E-state index contributed by atoms with van der Waals surface area (Å²) in [6.45, 7) is 0.00625. The van der Waals surface area contributed by atoms with Gasteiger partial charge >= 0.3 is 5.97 Å². The average Bonchev–Trinajstić information content (AvgIpc) is 1.65. The predicted molar refractivity (Wildman–Crippen MR) is 27.3 cm³/mol. The molecule has 0 aliphatic carbocycles. The highest BCUT2D eigenvalue weighted by Gasteiger charge is 2.04. The maximum Gasteiger partial charge on any atom is 0.306 e. The van der Waals surface area contributed by atoms with E-state index in [0.29, 0.717) is 0 Å². The van der Waals surface area contributed by atoms with Crippen LogP contribution >= 0.6 is 0 Å². The van der Waals surface area contributed by atoms with Crippen LogP contribution in [-0.4, -0.2) is 28.8 Å². The zero-order valence-electron chi connectivity index (χ0n) is 4.37. The maximum absolute atomic E-state index is 9.75. The molecule has 4 nitrogen and oxygen atoms in total. The molecule has 1 atom stereocenters. The molecule has 0 aromatic heterocycles. The predicted octanol–water partition coefficient (Wildman–Crippen LogP) is -1.22. The zero-order valence-corrected chi connectivity index (χ0v) is 4.37. The summed E-state index contributed by atoms with van der Waals surface area (Å²) >= 11 is 0. The molecule has 0 fully saturated rings. The van der Waals surface area contributed by atoms with E-state index in [1.54, 1.807) is 0 Å². The van der Waals surface area contributed by atoms with Gasteiger partial charge in [-0.2, -0.15) is 0 Å². The number of carboxylic acids is 1. The fourth-order valence-electron chi connectivity index (χ4n) is 0.285. The molecule has 0 aromatic rings. The second-order valence-electron chi connectivity index (χ2n) is 1.49. The van der Waals surface area contributed by atoms with Gasteiger partial charge in [-0.05, 0) is 0 Å². The van der Waals surface area contributed by atoms with Crippen LogP contribution in [0.15, 0.2) is 0 Å². The topological polar surface area (TPSA) is 83.5 Å². The summed E-state index contributed by atoms with van der Waals surface area (Å²) in [7, 11) is 0. The van der Waals surface area contributed by atoms with Gasteiger partial charge in [0.05, 0.1) is 12.5 Å². The number of carbonyl (C=O) groups is 1. The molecule has 0 saturated heterocycles. The van der Waals surface area contributed by atoms with E-state index >= 15 is 0 Å². The minimum atomic E-state index is -1.03. The molecule has 48 valence electrons. The molecule has 8 heavy (non-hydrogen) atoms. The van der Waals surface area contributed by atoms with E-state index in [1.165, 1.54) is 0 Å². The Hall–Kier alpha value is -0.610. The van der Waals surface area contributed by atoms with Crippen molar-refractivity contribution in [2.45, 2.75) is 12.5 Å². The van der Waals surface area contributed by atoms with Crippen LogP contribution in [0.5, 0.6) is 0 Å². The first-order chi connectivity index (χ1) is 3.66. The maximum atomic E-state index is 9.75. The molecule has 0 aliphatic heterocycles. The van der Waals surface area contributed by atoms with Gasteiger partial charge < -0.3 is 15.9 Å². The number of carboxylic acid groups (broad SMARTS) is 1. The van der Waals surface area contributed by atoms with Crippen molar-refractivity contribution in [1.29, 1.82) is 0 Å². The lowest BCUT2D eigenvalue weighted by atomic mass is 10.3. The summed E-state index contributed by atoms with van der Waals surface area (Å²) < 4.78 is 0. The normalized spacial score (nSPS) is 13.2. The molecule has 0 aliphatic rings. The fourth-order valence-corrected chi connectivity index (χ4v) is 0.285. The van der Waals surface area contributed by atoms with Gasteiger partial charge in [0.15, 0.2) is 0 Å². The third-order valence-electron chi connectivity index (χ3n) is 0.682. The first-order valence-electron chi connectivity index (χ1n) is 2.26. The van der Waals surface area contributed by atoms with E-state index in [1.807, 2.05) is 0 Å². The largest absolute Gasteiger partial charge is 0.481 e. The SMILES string of the molecule is NCC(O)CC(=O)O. The molecular weight excluding hydrogens is 110 g/mol. The van der Waals surface area contributed by atoms with E-state index < -0.39 is 12.1 Å². The standard InChI is InChI=1S/C4H9NO3/c5-2-3(6)1-4(7)8/h3,6H,1-2,5H2,(H,7,8). The van der Waals surface area contributed by atoms with Gasteiger partial charge in [0.25, 0.3) is 0 Å². The van der Waals surface area contributed by atoms with Crippen molar-refractivity contribution in [2.75, 3.05) is 6.54 Å². The van der Waals surface area contributed by atoms with Crippen molar-refractivity contribution in [2.24, 2.45) is 5.73 Å². The van der Waals surface area contributed by atoms with E-state index in [0.717, 1.165) is 0 Å². The lowest BCUT2D eigenvalue weighted by Gasteiger charge is -2.00. The molecule has 0 heterocycles. The van der Waals surface area contributed by atoms with Crippen molar-refractivity contribution < 1.29 is 15.0 Å². The Bertz CT molecular complexity index is 83.4. The zero-order chi connectivity index (χ0) is 6.57. The molecular formula is C4H9NO3. The Balaban J connectivity index is 3.24. The Morgan fingerprint density at radius 3 is 2.38 bits per heavy atom. The number of rotatable bonds is 3. The van der Waals surface area contributed by atoms with Crippen LogP contribution in [-0.2, 0) is 4.79 Å². The van der Waals surface area contributed by atoms with Gasteiger partial charge in [-0.15, -0.1) is 0 Å². The molecule has 0 saturated carbocycles. The number of nitrogens with two attached hydrogens (primary N) is 1. The van der Waals surface area contributed by atoms with Gasteiger partial charge in [-0.25, -0.2) is 0 Å². The summed E-state index contributed by atoms with van der Waals surface area (Å²) in [5, 5.41) is 16.5. The molecule has 0 aromatic carbocycles. The summed E-state index contributed by atoms with van der Waals surface area (Å²) in [4.78, 5) is 9.75. The third kappa shape index (κ3) is 3.58. The Kier molecular flexibility index (Phi) is 3.14. The number of aliphatic carboxylic acids is 1. The fraction of sp³-hybridized carbons (Fsp3) is 0.750. The van der Waals surface area contributed by atoms with E-state index in [-0.39, 0.29) is 13.0 Å². The summed E-state index contributed by atoms with van der Waals surface area (Å²) in [6.07, 6.45) is -1.16. The van der Waals surface area contributed by atoms with Gasteiger partial charge in [-0.3, -0.25) is 4.79 Å². The minimum Gasteiger partial charge on any atom is -0.481 e. The highest BCUT2D eigenvalue weighted by atomic mass is 16.4.